The topological polar surface area (TPSA) is 84.9 Å². The zero-order valence-electron chi connectivity index (χ0n) is 24.3. The van der Waals surface area contributed by atoms with E-state index in [1.165, 1.54) is 18.0 Å². The van der Waals surface area contributed by atoms with E-state index in [0.717, 1.165) is 25.7 Å². The van der Waals surface area contributed by atoms with Gasteiger partial charge in [0.2, 0.25) is 0 Å². The normalized spacial score (nSPS) is 22.6. The number of nitrogens with zero attached hydrogens (tertiary/aromatic N) is 4. The zero-order valence-corrected chi connectivity index (χ0v) is 25.9. The molecule has 1 aliphatic carbocycles. The highest BCUT2D eigenvalue weighted by Gasteiger charge is 2.43. The number of benzene rings is 1. The maximum atomic E-state index is 13.5. The summed E-state index contributed by atoms with van der Waals surface area (Å²) in [5, 5.41) is 0. The Morgan fingerprint density at radius 1 is 1.07 bits per heavy atom. The first-order chi connectivity index (χ1) is 20.6. The van der Waals surface area contributed by atoms with Crippen LogP contribution in [0.3, 0.4) is 0 Å². The molecule has 0 bridgehead atoms. The second-order valence-corrected chi connectivity index (χ2v) is 12.1. The molecule has 1 aromatic heterocycles. The smallest absolute Gasteiger partial charge is 0.416 e. The molecule has 4 rings (SSSR count). The average molecular weight is 695 g/mol. The van der Waals surface area contributed by atoms with E-state index in [1.807, 2.05) is 11.9 Å². The fourth-order valence-electron chi connectivity index (χ4n) is 5.83. The van der Waals surface area contributed by atoms with Crippen LogP contribution in [0.5, 0.6) is 0 Å². The third-order valence-corrected chi connectivity index (χ3v) is 8.45. The molecular weight excluding hydrogens is 662 g/mol. The van der Waals surface area contributed by atoms with Crippen LogP contribution >= 0.6 is 15.9 Å². The van der Waals surface area contributed by atoms with Crippen molar-refractivity contribution >= 4 is 33.8 Å². The second-order valence-electron chi connectivity index (χ2n) is 11.3. The number of hydrogen-bond donors (Lipinski definition) is 0. The standard InChI is InChI=1S/C29H33BrF6N4O4/c1-4-43-24(41)9-17-5-7-18(8-6-17)14-39(3)26-22(38-23(30)13-37-26)15-40-16(2)25(44-27(40)42)19-10-20(28(31,32)33)12-21(11-19)29(34,35)36/h10-13,16-18,25H,4-9,14-15H2,1-3H3/t16-,17-,18-,25?/m0/s1. The molecule has 2 atom stereocenters. The first-order valence-electron chi connectivity index (χ1n) is 14.2. The Bertz CT molecular complexity index is 1320. The van der Waals surface area contributed by atoms with E-state index in [0.29, 0.717) is 53.7 Å². The van der Waals surface area contributed by atoms with Gasteiger partial charge in [-0.15, -0.1) is 0 Å². The molecule has 1 saturated heterocycles. The van der Waals surface area contributed by atoms with Crippen molar-refractivity contribution in [3.05, 3.63) is 51.4 Å². The Kier molecular flexibility index (Phi) is 10.4. The fourth-order valence-corrected chi connectivity index (χ4v) is 6.15. The minimum Gasteiger partial charge on any atom is -0.466 e. The number of ether oxygens (including phenoxy) is 2. The van der Waals surface area contributed by atoms with Crippen molar-refractivity contribution in [2.45, 2.75) is 77.0 Å². The van der Waals surface area contributed by atoms with Crippen LogP contribution in [0.1, 0.15) is 74.4 Å². The number of halogens is 7. The highest BCUT2D eigenvalue weighted by atomic mass is 79.9. The summed E-state index contributed by atoms with van der Waals surface area (Å²) in [7, 11) is 1.84. The lowest BCUT2D eigenvalue weighted by atomic mass is 9.80. The summed E-state index contributed by atoms with van der Waals surface area (Å²) >= 11 is 3.28. The molecule has 2 aliphatic rings. The summed E-state index contributed by atoms with van der Waals surface area (Å²) in [6.07, 6.45) is -6.85. The Labute approximate surface area is 259 Å². The van der Waals surface area contributed by atoms with E-state index in [9.17, 15) is 35.9 Å². The van der Waals surface area contributed by atoms with Gasteiger partial charge in [0.1, 0.15) is 16.4 Å². The number of hydrogen-bond acceptors (Lipinski definition) is 7. The first kappa shape index (κ1) is 33.8. The van der Waals surface area contributed by atoms with Gasteiger partial charge in [-0.25, -0.2) is 14.8 Å². The van der Waals surface area contributed by atoms with E-state index in [-0.39, 0.29) is 24.5 Å². The number of cyclic esters (lactones) is 1. The summed E-state index contributed by atoms with van der Waals surface area (Å²) < 4.78 is 91.5. The Morgan fingerprint density at radius 3 is 2.23 bits per heavy atom. The van der Waals surface area contributed by atoms with Crippen molar-refractivity contribution in [1.29, 1.82) is 0 Å². The van der Waals surface area contributed by atoms with Crippen LogP contribution < -0.4 is 4.90 Å². The van der Waals surface area contributed by atoms with Gasteiger partial charge in [0.15, 0.2) is 5.82 Å². The van der Waals surface area contributed by atoms with E-state index in [1.54, 1.807) is 6.92 Å². The molecule has 1 unspecified atom stereocenters. The Morgan fingerprint density at radius 2 is 1.66 bits per heavy atom. The van der Waals surface area contributed by atoms with E-state index < -0.39 is 47.3 Å². The van der Waals surface area contributed by atoms with Gasteiger partial charge in [-0.05, 0) is 91.1 Å². The third-order valence-electron chi connectivity index (χ3n) is 8.06. The van der Waals surface area contributed by atoms with Gasteiger partial charge in [0.05, 0.1) is 36.5 Å². The molecule has 2 fully saturated rings. The quantitative estimate of drug-likeness (QED) is 0.198. The molecule has 1 amide bonds. The van der Waals surface area contributed by atoms with Gasteiger partial charge in [0, 0.05) is 20.0 Å². The fraction of sp³-hybridized carbons (Fsp3) is 0.586. The second kappa shape index (κ2) is 13.5. The molecule has 0 radical (unpaired) electrons. The molecule has 1 saturated carbocycles. The van der Waals surface area contributed by atoms with E-state index in [4.69, 9.17) is 9.47 Å². The van der Waals surface area contributed by atoms with Crippen LogP contribution in [0, 0.1) is 11.8 Å². The highest BCUT2D eigenvalue weighted by molar-refractivity contribution is 9.10. The number of anilines is 1. The van der Waals surface area contributed by atoms with Gasteiger partial charge >= 0.3 is 24.4 Å². The molecule has 0 N–H and O–H groups in total. The predicted octanol–water partition coefficient (Wildman–Crippen LogP) is 7.55. The monoisotopic (exact) mass is 694 g/mol. The number of esters is 1. The van der Waals surface area contributed by atoms with Crippen LogP contribution in [0.2, 0.25) is 0 Å². The number of carbonyl (C=O) groups excluding carboxylic acids is 2. The van der Waals surface area contributed by atoms with E-state index >= 15 is 0 Å². The van der Waals surface area contributed by atoms with Crippen molar-refractivity contribution in [2.75, 3.05) is 25.1 Å². The van der Waals surface area contributed by atoms with Crippen LogP contribution in [0.25, 0.3) is 0 Å². The van der Waals surface area contributed by atoms with Crippen molar-refractivity contribution in [1.82, 2.24) is 14.9 Å². The third kappa shape index (κ3) is 8.13. The average Bonchev–Trinajstić information content (AvgIpc) is 3.21. The van der Waals surface area contributed by atoms with Crippen molar-refractivity contribution in [3.63, 3.8) is 0 Å². The lowest BCUT2D eigenvalue weighted by Gasteiger charge is -2.32. The lowest BCUT2D eigenvalue weighted by Crippen LogP contribution is -2.34. The Hall–Kier alpha value is -3.10. The van der Waals surface area contributed by atoms with Gasteiger partial charge in [-0.2, -0.15) is 26.3 Å². The summed E-state index contributed by atoms with van der Waals surface area (Å²) in [4.78, 5) is 36.9. The number of alkyl halides is 6. The van der Waals surface area contributed by atoms with Crippen LogP contribution in [0.15, 0.2) is 29.0 Å². The van der Waals surface area contributed by atoms with E-state index in [2.05, 4.69) is 25.9 Å². The lowest BCUT2D eigenvalue weighted by molar-refractivity contribution is -0.145. The summed E-state index contributed by atoms with van der Waals surface area (Å²) in [6, 6.07) is 0.273. The molecular formula is C29H33BrF6N4O4. The highest BCUT2D eigenvalue weighted by Crippen LogP contribution is 2.41. The zero-order chi connectivity index (χ0) is 32.4. The SMILES string of the molecule is CCOC(=O)C[C@H]1CC[C@H](CN(C)c2ncc(Br)nc2CN2C(=O)OC(c3cc(C(F)(F)F)cc(C(F)(F)F)c3)[C@@H]2C)CC1. The molecule has 1 aliphatic heterocycles. The summed E-state index contributed by atoms with van der Waals surface area (Å²) in [5.74, 6) is 0.885. The summed E-state index contributed by atoms with van der Waals surface area (Å²) in [6.45, 7) is 4.11. The minimum absolute atomic E-state index is 0.0365. The maximum absolute atomic E-state index is 13.5. The van der Waals surface area contributed by atoms with Gasteiger partial charge < -0.3 is 14.4 Å². The molecule has 1 aromatic carbocycles. The predicted molar refractivity (Wildman–Crippen MR) is 150 cm³/mol. The van der Waals surface area contributed by atoms with Crippen LogP contribution in [-0.2, 0) is 33.2 Å². The van der Waals surface area contributed by atoms with Gasteiger partial charge in [-0.3, -0.25) is 9.69 Å². The Balaban J connectivity index is 1.49. The largest absolute Gasteiger partial charge is 0.466 e. The molecule has 2 heterocycles. The number of aromatic nitrogens is 2. The van der Waals surface area contributed by atoms with Crippen molar-refractivity contribution < 1.29 is 45.4 Å². The van der Waals surface area contributed by atoms with Crippen molar-refractivity contribution in [2.24, 2.45) is 11.8 Å². The number of carbonyl (C=O) groups is 2. The molecule has 8 nitrogen and oxygen atoms in total. The summed E-state index contributed by atoms with van der Waals surface area (Å²) in [5.41, 5.74) is -3.00. The van der Waals surface area contributed by atoms with Crippen LogP contribution in [0.4, 0.5) is 37.0 Å². The van der Waals surface area contributed by atoms with Crippen molar-refractivity contribution in [3.8, 4) is 0 Å². The minimum atomic E-state index is -5.03. The van der Waals surface area contributed by atoms with Crippen LogP contribution in [-0.4, -0.2) is 53.2 Å². The number of amides is 1. The maximum Gasteiger partial charge on any atom is 0.416 e. The first-order valence-corrected chi connectivity index (χ1v) is 15.0. The molecule has 44 heavy (non-hydrogen) atoms. The molecule has 2 aromatic rings. The molecule has 0 spiro atoms. The van der Waals surface area contributed by atoms with Gasteiger partial charge in [-0.1, -0.05) is 0 Å². The molecule has 242 valence electrons. The number of rotatable bonds is 9. The van der Waals surface area contributed by atoms with Gasteiger partial charge in [0.25, 0.3) is 0 Å². The molecule has 15 heteroatoms.